The van der Waals surface area contributed by atoms with E-state index in [0.29, 0.717) is 22.0 Å². The lowest BCUT2D eigenvalue weighted by molar-refractivity contribution is -0.118. The third-order valence-electron chi connectivity index (χ3n) is 4.31. The quantitative estimate of drug-likeness (QED) is 0.489. The topological polar surface area (TPSA) is 87.7 Å². The predicted octanol–water partition coefficient (Wildman–Crippen LogP) is 4.93. The first-order chi connectivity index (χ1) is 14.3. The molecule has 0 atom stereocenters. The summed E-state index contributed by atoms with van der Waals surface area (Å²) >= 11 is 5.90. The zero-order valence-electron chi connectivity index (χ0n) is 16.5. The van der Waals surface area contributed by atoms with E-state index in [-0.39, 0.29) is 29.9 Å². The number of anilines is 2. The second-order valence-electron chi connectivity index (χ2n) is 6.80. The zero-order valence-corrected chi connectivity index (χ0v) is 17.3. The molecule has 0 aromatic heterocycles. The summed E-state index contributed by atoms with van der Waals surface area (Å²) < 4.78 is 5.50. The number of carbonyl (C=O) groups excluding carboxylic acids is 2. The number of hydrogen-bond donors (Lipinski definition) is 3. The maximum Gasteiger partial charge on any atom is 0.262 e. The van der Waals surface area contributed by atoms with E-state index in [2.05, 4.69) is 10.6 Å². The zero-order chi connectivity index (χ0) is 21.7. The van der Waals surface area contributed by atoms with Crippen LogP contribution in [0.2, 0.25) is 5.02 Å². The number of phenolic OH excluding ortho intramolecular Hbond substituents is 1. The van der Waals surface area contributed by atoms with E-state index in [0.717, 1.165) is 11.1 Å². The largest absolute Gasteiger partial charge is 0.506 e. The van der Waals surface area contributed by atoms with Gasteiger partial charge in [0.15, 0.2) is 6.61 Å². The third-order valence-corrected chi connectivity index (χ3v) is 4.54. The van der Waals surface area contributed by atoms with E-state index in [4.69, 9.17) is 16.3 Å². The van der Waals surface area contributed by atoms with Crippen molar-refractivity contribution in [3.63, 3.8) is 0 Å². The van der Waals surface area contributed by atoms with Gasteiger partial charge in [0.05, 0.1) is 5.69 Å². The van der Waals surface area contributed by atoms with Crippen LogP contribution in [0.4, 0.5) is 11.4 Å². The van der Waals surface area contributed by atoms with Crippen LogP contribution in [0.15, 0.2) is 60.7 Å². The van der Waals surface area contributed by atoms with Crippen molar-refractivity contribution in [1.82, 2.24) is 0 Å². The molecule has 30 heavy (non-hydrogen) atoms. The molecule has 0 saturated carbocycles. The fourth-order valence-electron chi connectivity index (χ4n) is 2.81. The summed E-state index contributed by atoms with van der Waals surface area (Å²) in [6, 6.07) is 16.7. The number of amides is 2. The molecular formula is C23H21ClN2O4. The van der Waals surface area contributed by atoms with Gasteiger partial charge in [-0.2, -0.15) is 0 Å². The third kappa shape index (κ3) is 5.52. The van der Waals surface area contributed by atoms with Crippen LogP contribution in [0.25, 0.3) is 0 Å². The van der Waals surface area contributed by atoms with Crippen LogP contribution in [-0.2, 0) is 4.79 Å². The van der Waals surface area contributed by atoms with Crippen molar-refractivity contribution in [3.8, 4) is 11.5 Å². The molecule has 0 saturated heterocycles. The van der Waals surface area contributed by atoms with E-state index in [9.17, 15) is 14.7 Å². The molecular weight excluding hydrogens is 404 g/mol. The van der Waals surface area contributed by atoms with Gasteiger partial charge in [-0.1, -0.05) is 29.3 Å². The van der Waals surface area contributed by atoms with Crippen LogP contribution < -0.4 is 15.4 Å². The molecule has 0 bridgehead atoms. The molecule has 0 aliphatic heterocycles. The Labute approximate surface area is 179 Å². The minimum absolute atomic E-state index is 0.164. The Morgan fingerprint density at radius 1 is 1.00 bits per heavy atom. The second kappa shape index (κ2) is 9.33. The number of aryl methyl sites for hydroxylation is 2. The van der Waals surface area contributed by atoms with Crippen molar-refractivity contribution in [1.29, 1.82) is 0 Å². The Hall–Kier alpha value is -3.51. The van der Waals surface area contributed by atoms with E-state index in [1.165, 1.54) is 12.1 Å². The maximum absolute atomic E-state index is 12.3. The number of aromatic hydroxyl groups is 1. The van der Waals surface area contributed by atoms with Crippen molar-refractivity contribution in [2.45, 2.75) is 13.8 Å². The minimum Gasteiger partial charge on any atom is -0.506 e. The number of rotatable bonds is 6. The molecule has 0 aliphatic rings. The SMILES string of the molecule is Cc1cccc(C(=O)Nc2ccc(NC(=O)COc3ccc(Cl)cc3C)cc2O)c1. The average molecular weight is 425 g/mol. The van der Waals surface area contributed by atoms with E-state index in [1.807, 2.05) is 19.9 Å². The number of carbonyl (C=O) groups is 2. The molecule has 3 aromatic carbocycles. The highest BCUT2D eigenvalue weighted by atomic mass is 35.5. The van der Waals surface area contributed by atoms with Gasteiger partial charge in [0.1, 0.15) is 11.5 Å². The van der Waals surface area contributed by atoms with Crippen molar-refractivity contribution in [2.24, 2.45) is 0 Å². The fourth-order valence-corrected chi connectivity index (χ4v) is 3.04. The minimum atomic E-state index is -0.389. The van der Waals surface area contributed by atoms with Gasteiger partial charge >= 0.3 is 0 Å². The summed E-state index contributed by atoms with van der Waals surface area (Å²) in [5.41, 5.74) is 2.89. The van der Waals surface area contributed by atoms with Crippen molar-refractivity contribution in [2.75, 3.05) is 17.2 Å². The van der Waals surface area contributed by atoms with Crippen molar-refractivity contribution < 1.29 is 19.4 Å². The standard InChI is InChI=1S/C23H21ClN2O4/c1-14-4-3-5-16(10-14)23(29)26-19-8-7-18(12-20(19)27)25-22(28)13-30-21-9-6-17(24)11-15(21)2/h3-12,27H,13H2,1-2H3,(H,25,28)(H,26,29). The fraction of sp³-hybridized carbons (Fsp3) is 0.130. The summed E-state index contributed by atoms with van der Waals surface area (Å²) in [4.78, 5) is 24.5. The van der Waals surface area contributed by atoms with Gasteiger partial charge in [0.2, 0.25) is 0 Å². The van der Waals surface area contributed by atoms with Crippen LogP contribution in [-0.4, -0.2) is 23.5 Å². The van der Waals surface area contributed by atoms with Gasteiger partial charge in [0.25, 0.3) is 11.8 Å². The molecule has 3 rings (SSSR count). The normalized spacial score (nSPS) is 10.4. The van der Waals surface area contributed by atoms with E-state index in [1.54, 1.807) is 42.5 Å². The highest BCUT2D eigenvalue weighted by molar-refractivity contribution is 6.30. The lowest BCUT2D eigenvalue weighted by atomic mass is 10.1. The molecule has 2 amide bonds. The van der Waals surface area contributed by atoms with Gasteiger partial charge in [-0.3, -0.25) is 9.59 Å². The van der Waals surface area contributed by atoms with Gasteiger partial charge in [0, 0.05) is 22.3 Å². The van der Waals surface area contributed by atoms with Gasteiger partial charge < -0.3 is 20.5 Å². The number of phenols is 1. The number of benzene rings is 3. The molecule has 0 aliphatic carbocycles. The predicted molar refractivity (Wildman–Crippen MR) is 118 cm³/mol. The highest BCUT2D eigenvalue weighted by Gasteiger charge is 2.11. The molecule has 0 fully saturated rings. The Kier molecular flexibility index (Phi) is 6.59. The Balaban J connectivity index is 1.59. The molecule has 6 nitrogen and oxygen atoms in total. The molecule has 154 valence electrons. The molecule has 7 heteroatoms. The number of nitrogens with one attached hydrogen (secondary N) is 2. The van der Waals surface area contributed by atoms with E-state index >= 15 is 0 Å². The average Bonchev–Trinajstić information content (AvgIpc) is 2.69. The highest BCUT2D eigenvalue weighted by Crippen LogP contribution is 2.27. The van der Waals surface area contributed by atoms with Crippen LogP contribution in [0.3, 0.4) is 0 Å². The molecule has 3 aromatic rings. The van der Waals surface area contributed by atoms with Gasteiger partial charge in [-0.05, 0) is 61.9 Å². The lowest BCUT2D eigenvalue weighted by Crippen LogP contribution is -2.20. The van der Waals surface area contributed by atoms with Crippen LogP contribution in [0.1, 0.15) is 21.5 Å². The van der Waals surface area contributed by atoms with Gasteiger partial charge in [-0.15, -0.1) is 0 Å². The van der Waals surface area contributed by atoms with Crippen molar-refractivity contribution in [3.05, 3.63) is 82.4 Å². The summed E-state index contributed by atoms with van der Waals surface area (Å²) in [6.07, 6.45) is 0. The lowest BCUT2D eigenvalue weighted by Gasteiger charge is -2.12. The summed E-state index contributed by atoms with van der Waals surface area (Å²) in [5.74, 6) is -0.326. The van der Waals surface area contributed by atoms with Crippen LogP contribution in [0, 0.1) is 13.8 Å². The van der Waals surface area contributed by atoms with Gasteiger partial charge in [-0.25, -0.2) is 0 Å². The Morgan fingerprint density at radius 3 is 2.50 bits per heavy atom. The number of ether oxygens (including phenoxy) is 1. The number of hydrogen-bond acceptors (Lipinski definition) is 4. The molecule has 0 heterocycles. The van der Waals surface area contributed by atoms with Crippen molar-refractivity contribution >= 4 is 34.8 Å². The Bertz CT molecular complexity index is 1100. The molecule has 0 radical (unpaired) electrons. The van der Waals surface area contributed by atoms with E-state index < -0.39 is 0 Å². The maximum atomic E-state index is 12.3. The summed E-state index contributed by atoms with van der Waals surface area (Å²) in [5, 5.41) is 16.1. The smallest absolute Gasteiger partial charge is 0.262 e. The monoisotopic (exact) mass is 424 g/mol. The van der Waals surface area contributed by atoms with Crippen LogP contribution >= 0.6 is 11.6 Å². The first kappa shape index (κ1) is 21.2. The molecule has 3 N–H and O–H groups in total. The van der Waals surface area contributed by atoms with Crippen LogP contribution in [0.5, 0.6) is 11.5 Å². The number of halogens is 1. The molecule has 0 unspecified atom stereocenters. The second-order valence-corrected chi connectivity index (χ2v) is 7.24. The first-order valence-electron chi connectivity index (χ1n) is 9.21. The summed E-state index contributed by atoms with van der Waals surface area (Å²) in [6.45, 7) is 3.53. The summed E-state index contributed by atoms with van der Waals surface area (Å²) in [7, 11) is 0. The molecule has 0 spiro atoms. The first-order valence-corrected chi connectivity index (χ1v) is 9.59. The Morgan fingerprint density at radius 2 is 1.80 bits per heavy atom.